The lowest BCUT2D eigenvalue weighted by Crippen LogP contribution is -2.40. The van der Waals surface area contributed by atoms with Crippen molar-refractivity contribution in [3.63, 3.8) is 0 Å². The number of fused-ring (bicyclic) bond motifs is 1. The van der Waals surface area contributed by atoms with Crippen molar-refractivity contribution >= 4 is 29.0 Å². The number of aromatic nitrogens is 1. The Hall–Kier alpha value is -4.43. The molecule has 0 saturated heterocycles. The molecule has 186 valence electrons. The Balaban J connectivity index is 1.65. The largest absolute Gasteiger partial charge is 0.493 e. The maximum atomic E-state index is 13.8. The van der Waals surface area contributed by atoms with Gasteiger partial charge >= 0.3 is 0 Å². The SMILES string of the molecule is COc1ccc(C=c2sc3n(c2=O)[C@@H](c2ccccc2)C(C(=O)Nc2ccccc2)=C(C)N=3)cc1OC. The number of thiazole rings is 1. The number of ether oxygens (including phenoxy) is 2. The normalized spacial score (nSPS) is 15.1. The van der Waals surface area contributed by atoms with Gasteiger partial charge in [-0.1, -0.05) is 65.9 Å². The fourth-order valence-electron chi connectivity index (χ4n) is 4.38. The molecule has 1 atom stereocenters. The first-order chi connectivity index (χ1) is 18.0. The number of allylic oxidation sites excluding steroid dienone is 1. The van der Waals surface area contributed by atoms with Gasteiger partial charge in [-0.25, -0.2) is 4.99 Å². The summed E-state index contributed by atoms with van der Waals surface area (Å²) in [7, 11) is 3.15. The Morgan fingerprint density at radius 1 is 0.973 bits per heavy atom. The van der Waals surface area contributed by atoms with Crippen molar-refractivity contribution in [1.82, 2.24) is 4.57 Å². The minimum Gasteiger partial charge on any atom is -0.493 e. The smallest absolute Gasteiger partial charge is 0.271 e. The quantitative estimate of drug-likeness (QED) is 0.426. The fraction of sp³-hybridized carbons (Fsp3) is 0.138. The molecule has 0 unspecified atom stereocenters. The minimum atomic E-state index is -0.617. The molecule has 4 aromatic rings. The van der Waals surface area contributed by atoms with Gasteiger partial charge in [0.1, 0.15) is 0 Å². The van der Waals surface area contributed by atoms with Gasteiger partial charge in [0.15, 0.2) is 16.3 Å². The van der Waals surface area contributed by atoms with Crippen molar-refractivity contribution in [2.45, 2.75) is 13.0 Å². The number of hydrogen-bond acceptors (Lipinski definition) is 6. The number of rotatable bonds is 6. The van der Waals surface area contributed by atoms with Crippen molar-refractivity contribution in [1.29, 1.82) is 0 Å². The molecule has 0 saturated carbocycles. The van der Waals surface area contributed by atoms with Gasteiger partial charge in [-0.3, -0.25) is 14.2 Å². The molecule has 0 spiro atoms. The van der Waals surface area contributed by atoms with E-state index in [1.54, 1.807) is 37.9 Å². The number of amides is 1. The summed E-state index contributed by atoms with van der Waals surface area (Å²) in [5.41, 5.74) is 3.07. The lowest BCUT2D eigenvalue weighted by Gasteiger charge is -2.25. The molecule has 8 heteroatoms. The number of carbonyl (C=O) groups is 1. The number of methoxy groups -OCH3 is 2. The molecule has 37 heavy (non-hydrogen) atoms. The molecule has 1 aromatic heterocycles. The van der Waals surface area contributed by atoms with Gasteiger partial charge in [-0.2, -0.15) is 0 Å². The standard InChI is InChI=1S/C29H25N3O4S/c1-18-25(27(33)31-21-12-8-5-9-13-21)26(20-10-6-4-7-11-20)32-28(34)24(37-29(32)30-18)17-19-14-15-22(35-2)23(16-19)36-3/h4-17,26H,1-3H3,(H,31,33)/t26-/m0/s1. The van der Waals surface area contributed by atoms with Crippen LogP contribution in [0.5, 0.6) is 11.5 Å². The number of carbonyl (C=O) groups excluding carboxylic acids is 1. The highest BCUT2D eigenvalue weighted by Crippen LogP contribution is 2.31. The summed E-state index contributed by atoms with van der Waals surface area (Å²) in [6, 6.07) is 23.6. The maximum Gasteiger partial charge on any atom is 0.271 e. The van der Waals surface area contributed by atoms with E-state index in [1.807, 2.05) is 72.8 Å². The van der Waals surface area contributed by atoms with Crippen molar-refractivity contribution in [2.24, 2.45) is 4.99 Å². The molecular formula is C29H25N3O4S. The van der Waals surface area contributed by atoms with Gasteiger partial charge in [-0.15, -0.1) is 0 Å². The summed E-state index contributed by atoms with van der Waals surface area (Å²) in [6.07, 6.45) is 1.80. The molecule has 1 aliphatic heterocycles. The van der Waals surface area contributed by atoms with E-state index in [2.05, 4.69) is 10.3 Å². The van der Waals surface area contributed by atoms with Crippen molar-refractivity contribution in [2.75, 3.05) is 19.5 Å². The van der Waals surface area contributed by atoms with Gasteiger partial charge in [0.25, 0.3) is 11.5 Å². The van der Waals surface area contributed by atoms with Gasteiger partial charge in [0.05, 0.1) is 36.1 Å². The van der Waals surface area contributed by atoms with Crippen LogP contribution in [0, 0.1) is 0 Å². The first-order valence-corrected chi connectivity index (χ1v) is 12.5. The molecule has 0 radical (unpaired) electrons. The summed E-state index contributed by atoms with van der Waals surface area (Å²) in [6.45, 7) is 1.81. The fourth-order valence-corrected chi connectivity index (χ4v) is 5.42. The van der Waals surface area contributed by atoms with Crippen LogP contribution in [0.25, 0.3) is 6.08 Å². The molecule has 1 N–H and O–H groups in total. The molecule has 3 aromatic carbocycles. The second kappa shape index (κ2) is 10.3. The maximum absolute atomic E-state index is 13.8. The minimum absolute atomic E-state index is 0.218. The third kappa shape index (κ3) is 4.71. The Morgan fingerprint density at radius 3 is 2.32 bits per heavy atom. The number of nitrogens with one attached hydrogen (secondary N) is 1. The highest BCUT2D eigenvalue weighted by molar-refractivity contribution is 7.07. The van der Waals surface area contributed by atoms with E-state index < -0.39 is 6.04 Å². The first-order valence-electron chi connectivity index (χ1n) is 11.7. The van der Waals surface area contributed by atoms with Crippen LogP contribution in [0.2, 0.25) is 0 Å². The second-order valence-corrected chi connectivity index (χ2v) is 9.44. The van der Waals surface area contributed by atoms with E-state index in [9.17, 15) is 9.59 Å². The third-order valence-corrected chi connectivity index (χ3v) is 7.10. The van der Waals surface area contributed by atoms with E-state index >= 15 is 0 Å². The summed E-state index contributed by atoms with van der Waals surface area (Å²) >= 11 is 1.29. The number of anilines is 1. The first kappa shape index (κ1) is 24.3. The molecule has 0 bridgehead atoms. The Morgan fingerprint density at radius 2 is 1.65 bits per heavy atom. The van der Waals surface area contributed by atoms with E-state index in [0.29, 0.717) is 37.8 Å². The third-order valence-electron chi connectivity index (χ3n) is 6.12. The van der Waals surface area contributed by atoms with Crippen LogP contribution in [-0.4, -0.2) is 24.7 Å². The van der Waals surface area contributed by atoms with E-state index in [4.69, 9.17) is 9.47 Å². The molecule has 0 fully saturated rings. The van der Waals surface area contributed by atoms with Crippen molar-refractivity contribution in [3.05, 3.63) is 121 Å². The van der Waals surface area contributed by atoms with Crippen LogP contribution in [0.4, 0.5) is 5.69 Å². The second-order valence-electron chi connectivity index (χ2n) is 8.43. The Kier molecular flexibility index (Phi) is 6.74. The zero-order valence-corrected chi connectivity index (χ0v) is 21.4. The molecule has 1 amide bonds. The zero-order chi connectivity index (χ0) is 25.9. The number of nitrogens with zero attached hydrogens (tertiary/aromatic N) is 2. The lowest BCUT2D eigenvalue weighted by atomic mass is 9.95. The van der Waals surface area contributed by atoms with Crippen LogP contribution < -0.4 is 29.7 Å². The van der Waals surface area contributed by atoms with Gasteiger partial charge in [-0.05, 0) is 48.4 Å². The average molecular weight is 512 g/mol. The van der Waals surface area contributed by atoms with Gasteiger partial charge < -0.3 is 14.8 Å². The molecule has 0 aliphatic carbocycles. The van der Waals surface area contributed by atoms with E-state index in [0.717, 1.165) is 11.1 Å². The Labute approximate surface area is 217 Å². The van der Waals surface area contributed by atoms with Crippen molar-refractivity contribution < 1.29 is 14.3 Å². The summed E-state index contributed by atoms with van der Waals surface area (Å²) in [5, 5.41) is 2.96. The number of para-hydroxylation sites is 1. The molecule has 1 aliphatic rings. The van der Waals surface area contributed by atoms with Crippen LogP contribution in [0.15, 0.2) is 99.9 Å². The predicted molar refractivity (Wildman–Crippen MR) is 145 cm³/mol. The number of hydrogen-bond donors (Lipinski definition) is 1. The lowest BCUT2D eigenvalue weighted by molar-refractivity contribution is -0.113. The zero-order valence-electron chi connectivity index (χ0n) is 20.6. The predicted octanol–water partition coefficient (Wildman–Crippen LogP) is 3.89. The highest BCUT2D eigenvalue weighted by atomic mass is 32.1. The van der Waals surface area contributed by atoms with Crippen molar-refractivity contribution in [3.8, 4) is 11.5 Å². The molecule has 5 rings (SSSR count). The van der Waals surface area contributed by atoms with Crippen LogP contribution >= 0.6 is 11.3 Å². The van der Waals surface area contributed by atoms with Crippen LogP contribution in [-0.2, 0) is 4.79 Å². The average Bonchev–Trinajstić information content (AvgIpc) is 3.22. The molecular weight excluding hydrogens is 486 g/mol. The summed E-state index contributed by atoms with van der Waals surface area (Å²) in [5.74, 6) is 0.882. The summed E-state index contributed by atoms with van der Waals surface area (Å²) in [4.78, 5) is 32.5. The summed E-state index contributed by atoms with van der Waals surface area (Å²) < 4.78 is 12.8. The topological polar surface area (TPSA) is 81.9 Å². The van der Waals surface area contributed by atoms with Crippen LogP contribution in [0.3, 0.4) is 0 Å². The molecule has 7 nitrogen and oxygen atoms in total. The van der Waals surface area contributed by atoms with Gasteiger partial charge in [0.2, 0.25) is 0 Å². The molecule has 2 heterocycles. The van der Waals surface area contributed by atoms with E-state index in [1.165, 1.54) is 11.3 Å². The highest BCUT2D eigenvalue weighted by Gasteiger charge is 2.32. The van der Waals surface area contributed by atoms with Gasteiger partial charge in [0, 0.05) is 5.69 Å². The van der Waals surface area contributed by atoms with E-state index in [-0.39, 0.29) is 11.5 Å². The Bertz CT molecular complexity index is 1670. The number of benzene rings is 3. The monoisotopic (exact) mass is 511 g/mol. The van der Waals surface area contributed by atoms with Crippen LogP contribution in [0.1, 0.15) is 24.1 Å².